The summed E-state index contributed by atoms with van der Waals surface area (Å²) in [5, 5.41) is 10.0. The van der Waals surface area contributed by atoms with Crippen LogP contribution in [0.4, 0.5) is 0 Å². The highest BCUT2D eigenvalue weighted by molar-refractivity contribution is 5.50. The van der Waals surface area contributed by atoms with Gasteiger partial charge in [0, 0.05) is 19.1 Å². The molecule has 3 aliphatic heterocycles. The third kappa shape index (κ3) is 1.97. The number of rotatable bonds is 0. The molecule has 1 N–H and O–H groups in total. The number of benzene rings is 1. The summed E-state index contributed by atoms with van der Waals surface area (Å²) in [7, 11) is 0. The Hall–Kier alpha value is -1.26. The molecule has 0 aromatic heterocycles. The molecule has 0 bridgehead atoms. The van der Waals surface area contributed by atoms with Crippen LogP contribution in [-0.4, -0.2) is 36.0 Å². The van der Waals surface area contributed by atoms with Gasteiger partial charge in [-0.25, -0.2) is 0 Å². The minimum absolute atomic E-state index is 0.0763. The van der Waals surface area contributed by atoms with E-state index in [4.69, 9.17) is 9.47 Å². The minimum Gasteiger partial charge on any atom is -0.454 e. The normalized spacial score (nSPS) is 36.4. The molecule has 2 fully saturated rings. The van der Waals surface area contributed by atoms with Crippen molar-refractivity contribution in [1.29, 1.82) is 0 Å². The predicted octanol–water partition coefficient (Wildman–Crippen LogP) is 2.50. The quantitative estimate of drug-likeness (QED) is 0.799. The van der Waals surface area contributed by atoms with Crippen molar-refractivity contribution in [3.63, 3.8) is 0 Å². The Morgan fingerprint density at radius 1 is 1.05 bits per heavy atom. The van der Waals surface area contributed by atoms with Crippen LogP contribution < -0.4 is 9.47 Å². The second-order valence-corrected chi connectivity index (χ2v) is 7.39. The van der Waals surface area contributed by atoms with Crippen molar-refractivity contribution in [2.75, 3.05) is 19.9 Å². The maximum Gasteiger partial charge on any atom is 0.231 e. The SMILES string of the molecule is O[C@H]1CCC2CN3CCc4cc5c(cc4[C@@H]3C[C@@H]2C1)OCO5. The highest BCUT2D eigenvalue weighted by Gasteiger charge is 2.41. The molecule has 1 saturated heterocycles. The van der Waals surface area contributed by atoms with Crippen LogP contribution in [-0.2, 0) is 6.42 Å². The van der Waals surface area contributed by atoms with Crippen molar-refractivity contribution >= 4 is 0 Å². The van der Waals surface area contributed by atoms with Crippen molar-refractivity contribution in [2.24, 2.45) is 11.8 Å². The van der Waals surface area contributed by atoms with Gasteiger partial charge in [-0.3, -0.25) is 4.90 Å². The van der Waals surface area contributed by atoms with Gasteiger partial charge in [0.15, 0.2) is 11.5 Å². The van der Waals surface area contributed by atoms with E-state index in [2.05, 4.69) is 17.0 Å². The molecule has 0 amide bonds. The summed E-state index contributed by atoms with van der Waals surface area (Å²) in [5.74, 6) is 3.29. The van der Waals surface area contributed by atoms with E-state index in [1.165, 1.54) is 30.5 Å². The third-order valence-electron chi connectivity index (χ3n) is 6.21. The second kappa shape index (κ2) is 4.87. The van der Waals surface area contributed by atoms with Gasteiger partial charge in [-0.1, -0.05) is 0 Å². The van der Waals surface area contributed by atoms with Crippen molar-refractivity contribution in [1.82, 2.24) is 4.90 Å². The van der Waals surface area contributed by atoms with Gasteiger partial charge in [0.2, 0.25) is 6.79 Å². The van der Waals surface area contributed by atoms with Crippen LogP contribution in [0.25, 0.3) is 0 Å². The van der Waals surface area contributed by atoms with E-state index in [1.54, 1.807) is 0 Å². The number of aliphatic hydroxyl groups is 1. The zero-order chi connectivity index (χ0) is 14.7. The van der Waals surface area contributed by atoms with Gasteiger partial charge in [-0.05, 0) is 67.2 Å². The summed E-state index contributed by atoms with van der Waals surface area (Å²) < 4.78 is 11.1. The molecule has 1 unspecified atom stereocenters. The Morgan fingerprint density at radius 2 is 1.91 bits per heavy atom. The molecular formula is C18H23NO3. The molecule has 4 heteroatoms. The highest BCUT2D eigenvalue weighted by Crippen LogP contribution is 2.48. The third-order valence-corrected chi connectivity index (χ3v) is 6.21. The molecule has 4 atom stereocenters. The van der Waals surface area contributed by atoms with Crippen molar-refractivity contribution < 1.29 is 14.6 Å². The Morgan fingerprint density at radius 3 is 2.82 bits per heavy atom. The van der Waals surface area contributed by atoms with Crippen LogP contribution in [0.5, 0.6) is 11.5 Å². The molecule has 0 radical (unpaired) electrons. The smallest absolute Gasteiger partial charge is 0.231 e. The van der Waals surface area contributed by atoms with Crippen molar-refractivity contribution in [3.8, 4) is 11.5 Å². The number of fused-ring (bicyclic) bond motifs is 5. The van der Waals surface area contributed by atoms with Crippen molar-refractivity contribution in [3.05, 3.63) is 23.3 Å². The van der Waals surface area contributed by atoms with Crippen molar-refractivity contribution in [2.45, 2.75) is 44.2 Å². The van der Waals surface area contributed by atoms with E-state index in [1.807, 2.05) is 0 Å². The molecule has 22 heavy (non-hydrogen) atoms. The first-order valence-corrected chi connectivity index (χ1v) is 8.62. The number of nitrogens with zero attached hydrogens (tertiary/aromatic N) is 1. The van der Waals surface area contributed by atoms with Crippen LogP contribution in [0.15, 0.2) is 12.1 Å². The minimum atomic E-state index is -0.0763. The molecule has 1 aromatic rings. The lowest BCUT2D eigenvalue weighted by Crippen LogP contribution is -2.48. The molecule has 118 valence electrons. The van der Waals surface area contributed by atoms with Crippen LogP contribution in [0, 0.1) is 11.8 Å². The molecule has 0 spiro atoms. The first-order chi connectivity index (χ1) is 10.8. The van der Waals surface area contributed by atoms with Gasteiger partial charge in [-0.2, -0.15) is 0 Å². The van der Waals surface area contributed by atoms with Crippen LogP contribution in [0.3, 0.4) is 0 Å². The first kappa shape index (κ1) is 13.2. The van der Waals surface area contributed by atoms with Gasteiger partial charge in [-0.15, -0.1) is 0 Å². The summed E-state index contributed by atoms with van der Waals surface area (Å²) >= 11 is 0. The second-order valence-electron chi connectivity index (χ2n) is 7.39. The fourth-order valence-corrected chi connectivity index (χ4v) is 5.06. The molecule has 1 aliphatic carbocycles. The summed E-state index contributed by atoms with van der Waals surface area (Å²) in [6.45, 7) is 2.71. The number of ether oxygens (including phenoxy) is 2. The topological polar surface area (TPSA) is 41.9 Å². The number of hydrogen-bond acceptors (Lipinski definition) is 4. The van der Waals surface area contributed by atoms with Crippen LogP contribution in [0.2, 0.25) is 0 Å². The van der Waals surface area contributed by atoms with E-state index in [-0.39, 0.29) is 6.10 Å². The van der Waals surface area contributed by atoms with E-state index >= 15 is 0 Å². The lowest BCUT2D eigenvalue weighted by atomic mass is 9.69. The predicted molar refractivity (Wildman–Crippen MR) is 82.0 cm³/mol. The molecular weight excluding hydrogens is 278 g/mol. The molecule has 1 aromatic carbocycles. The van der Waals surface area contributed by atoms with Gasteiger partial charge >= 0.3 is 0 Å². The first-order valence-electron chi connectivity index (χ1n) is 8.62. The Bertz CT molecular complexity index is 602. The summed E-state index contributed by atoms with van der Waals surface area (Å²) in [4.78, 5) is 2.67. The Labute approximate surface area is 131 Å². The lowest BCUT2D eigenvalue weighted by molar-refractivity contribution is -0.00983. The van der Waals surface area contributed by atoms with Gasteiger partial charge < -0.3 is 14.6 Å². The average Bonchev–Trinajstić information content (AvgIpc) is 2.98. The number of hydrogen-bond donors (Lipinski definition) is 1. The van der Waals surface area contributed by atoms with Gasteiger partial charge in [0.25, 0.3) is 0 Å². The average molecular weight is 301 g/mol. The summed E-state index contributed by atoms with van der Waals surface area (Å²) in [6.07, 6.45) is 5.41. The Balaban J connectivity index is 1.48. The fraction of sp³-hybridized carbons (Fsp3) is 0.667. The van der Waals surface area contributed by atoms with Gasteiger partial charge in [0.05, 0.1) is 6.10 Å². The largest absolute Gasteiger partial charge is 0.454 e. The van der Waals surface area contributed by atoms with Gasteiger partial charge in [0.1, 0.15) is 0 Å². The molecule has 4 aliphatic rings. The van der Waals surface area contributed by atoms with E-state index in [9.17, 15) is 5.11 Å². The van der Waals surface area contributed by atoms with E-state index in [0.717, 1.165) is 43.2 Å². The monoisotopic (exact) mass is 301 g/mol. The maximum absolute atomic E-state index is 10.0. The summed E-state index contributed by atoms with van der Waals surface area (Å²) in [6, 6.07) is 4.91. The van der Waals surface area contributed by atoms with Crippen LogP contribution >= 0.6 is 0 Å². The number of piperidine rings is 1. The van der Waals surface area contributed by atoms with E-state index < -0.39 is 0 Å². The highest BCUT2D eigenvalue weighted by atomic mass is 16.7. The molecule has 4 nitrogen and oxygen atoms in total. The lowest BCUT2D eigenvalue weighted by Gasteiger charge is -2.49. The standard InChI is InChI=1S/C18H23NO3/c20-14-2-1-12-9-19-4-3-11-7-17-18(22-10-21-17)8-15(11)16(19)6-13(12)5-14/h7-8,12-14,16,20H,1-6,9-10H2/t12?,13-,14-,16-/m0/s1. The molecule has 5 rings (SSSR count). The summed E-state index contributed by atoms with van der Waals surface area (Å²) in [5.41, 5.74) is 2.87. The molecule has 1 saturated carbocycles. The fourth-order valence-electron chi connectivity index (χ4n) is 5.06. The van der Waals surface area contributed by atoms with E-state index in [0.29, 0.717) is 18.8 Å². The Kier molecular flexibility index (Phi) is 2.92. The zero-order valence-electron chi connectivity index (χ0n) is 12.8. The van der Waals surface area contributed by atoms with Crippen LogP contribution in [0.1, 0.15) is 42.9 Å². The zero-order valence-corrected chi connectivity index (χ0v) is 12.8. The maximum atomic E-state index is 10.0. The number of aliphatic hydroxyl groups excluding tert-OH is 1. The molecule has 3 heterocycles.